The zero-order valence-corrected chi connectivity index (χ0v) is 32.4. The first-order chi connectivity index (χ1) is 27.2. The number of rotatable bonds is 8. The maximum absolute atomic E-state index is 15.0. The quantitative estimate of drug-likeness (QED) is 0.212. The number of likely N-dealkylation sites (tertiary alicyclic amines) is 2. The Balaban J connectivity index is 0.904. The van der Waals surface area contributed by atoms with Gasteiger partial charge in [-0.1, -0.05) is 18.2 Å². The van der Waals surface area contributed by atoms with Crippen molar-refractivity contribution in [1.29, 1.82) is 0 Å². The molecule has 0 radical (unpaired) electrons. The number of pyridine rings is 1. The van der Waals surface area contributed by atoms with E-state index in [1.807, 2.05) is 31.5 Å². The molecule has 2 saturated heterocycles. The molecule has 3 amide bonds. The molecule has 4 aromatic rings. The van der Waals surface area contributed by atoms with Gasteiger partial charge in [0.15, 0.2) is 5.82 Å². The lowest BCUT2D eigenvalue weighted by atomic mass is 9.44. The number of aromatic nitrogens is 3. The highest BCUT2D eigenvalue weighted by Crippen LogP contribution is 2.65. The van der Waals surface area contributed by atoms with Crippen LogP contribution in [0, 0.1) is 24.2 Å². The number of piperidine rings is 2. The molecule has 11 nitrogen and oxygen atoms in total. The van der Waals surface area contributed by atoms with E-state index in [0.29, 0.717) is 55.3 Å². The summed E-state index contributed by atoms with van der Waals surface area (Å²) in [5.74, 6) is 2.80. The number of amides is 3. The van der Waals surface area contributed by atoms with Crippen molar-refractivity contribution in [2.75, 3.05) is 36.9 Å². The van der Waals surface area contributed by atoms with Gasteiger partial charge < -0.3 is 25.0 Å². The van der Waals surface area contributed by atoms with E-state index in [4.69, 9.17) is 9.97 Å². The number of hydrogen-bond acceptors (Lipinski definition) is 7. The molecular formula is C45H50N8O3. The minimum absolute atomic E-state index is 0.0901. The van der Waals surface area contributed by atoms with E-state index < -0.39 is 5.41 Å². The van der Waals surface area contributed by atoms with E-state index >= 15 is 4.79 Å². The third-order valence-corrected chi connectivity index (χ3v) is 15.7. The molecule has 2 atom stereocenters. The Hall–Kier alpha value is -4.77. The molecular weight excluding hydrogens is 701 g/mol. The van der Waals surface area contributed by atoms with Crippen molar-refractivity contribution < 1.29 is 14.4 Å². The Morgan fingerprint density at radius 3 is 2.38 bits per heavy atom. The van der Waals surface area contributed by atoms with Gasteiger partial charge in [0.05, 0.1) is 28.4 Å². The first-order valence-corrected chi connectivity index (χ1v) is 21.2. The van der Waals surface area contributed by atoms with Crippen LogP contribution in [0.2, 0.25) is 0 Å². The van der Waals surface area contributed by atoms with Gasteiger partial charge in [-0.15, -0.1) is 0 Å². The van der Waals surface area contributed by atoms with Gasteiger partial charge in [-0.05, 0) is 125 Å². The molecule has 2 bridgehead atoms. The van der Waals surface area contributed by atoms with E-state index in [9.17, 15) is 9.59 Å². The van der Waals surface area contributed by atoms with Gasteiger partial charge in [-0.3, -0.25) is 19.3 Å². The Morgan fingerprint density at radius 1 is 0.911 bits per heavy atom. The molecule has 11 heteroatoms. The summed E-state index contributed by atoms with van der Waals surface area (Å²) in [7, 11) is 1.65. The molecule has 5 heterocycles. The second-order valence-corrected chi connectivity index (χ2v) is 18.8. The van der Waals surface area contributed by atoms with Crippen molar-refractivity contribution in [3.05, 3.63) is 65.5 Å². The highest BCUT2D eigenvalue weighted by atomic mass is 16.2. The van der Waals surface area contributed by atoms with Crippen LogP contribution in [0.5, 0.6) is 0 Å². The monoisotopic (exact) mass is 750 g/mol. The van der Waals surface area contributed by atoms with Crippen LogP contribution < -0.4 is 15.5 Å². The van der Waals surface area contributed by atoms with Crippen LogP contribution in [-0.4, -0.2) is 86.9 Å². The minimum atomic E-state index is -0.605. The molecule has 56 heavy (non-hydrogen) atoms. The lowest BCUT2D eigenvalue weighted by molar-refractivity contribution is -0.178. The molecule has 288 valence electrons. The Morgan fingerprint density at radius 2 is 1.71 bits per heavy atom. The molecule has 6 saturated carbocycles. The van der Waals surface area contributed by atoms with E-state index in [-0.39, 0.29) is 23.3 Å². The number of benzene rings is 2. The Kier molecular flexibility index (Phi) is 6.94. The van der Waals surface area contributed by atoms with Gasteiger partial charge in [0.1, 0.15) is 5.52 Å². The Bertz CT molecular complexity index is 2350. The van der Waals surface area contributed by atoms with Crippen LogP contribution >= 0.6 is 0 Å². The number of carbonyl (C=O) groups excluding carboxylic acids is 3. The van der Waals surface area contributed by atoms with Crippen molar-refractivity contribution >= 4 is 45.9 Å². The summed E-state index contributed by atoms with van der Waals surface area (Å²) in [6.07, 6.45) is 13.4. The van der Waals surface area contributed by atoms with Crippen molar-refractivity contribution in [3.63, 3.8) is 0 Å². The van der Waals surface area contributed by atoms with Crippen LogP contribution in [0.1, 0.15) is 98.2 Å². The van der Waals surface area contributed by atoms with E-state index in [0.717, 1.165) is 108 Å². The number of hydrogen-bond donors (Lipinski definition) is 2. The van der Waals surface area contributed by atoms with Gasteiger partial charge in [0.2, 0.25) is 11.8 Å². The van der Waals surface area contributed by atoms with Crippen LogP contribution in [-0.2, 0) is 15.0 Å². The molecule has 1 unspecified atom stereocenters. The predicted molar refractivity (Wildman–Crippen MR) is 214 cm³/mol. The maximum atomic E-state index is 15.0. The third kappa shape index (κ3) is 4.63. The summed E-state index contributed by atoms with van der Waals surface area (Å²) in [5, 5.41) is 6.34. The molecule has 6 aliphatic carbocycles. The van der Waals surface area contributed by atoms with Crippen LogP contribution in [0.3, 0.4) is 0 Å². The smallest absolute Gasteiger partial charge is 0.251 e. The molecule has 2 N–H and O–H groups in total. The molecule has 3 aliphatic heterocycles. The summed E-state index contributed by atoms with van der Waals surface area (Å²) < 4.78 is 2.23. The first kappa shape index (κ1) is 33.4. The van der Waals surface area contributed by atoms with Crippen molar-refractivity contribution in [1.82, 2.24) is 29.7 Å². The summed E-state index contributed by atoms with van der Waals surface area (Å²) in [6.45, 7) is 4.46. The zero-order chi connectivity index (χ0) is 37.7. The lowest BCUT2D eigenvalue weighted by Crippen LogP contribution is -2.69. The number of nitrogens with zero attached hydrogens (tertiary/aromatic N) is 6. The van der Waals surface area contributed by atoms with E-state index in [1.54, 1.807) is 7.05 Å². The first-order valence-electron chi connectivity index (χ1n) is 21.2. The summed E-state index contributed by atoms with van der Waals surface area (Å²) >= 11 is 0. The van der Waals surface area contributed by atoms with Gasteiger partial charge in [0.25, 0.3) is 5.91 Å². The number of carbonyl (C=O) groups is 3. The number of imidazole rings is 1. The van der Waals surface area contributed by atoms with Crippen LogP contribution in [0.15, 0.2) is 48.8 Å². The SMILES string of the molecule is CNC(=O)c1cc(Nc2nc(-c3ccc4c(c3)N([C@H]3C[C@@H](N5CC6CC[C@H]65)C3)C(=O)C43CCN(C(=O)C45CC(C4)C5)CC3)cc3ncn(C4CC4)c23)ccc1C. The number of fused-ring (bicyclic) bond motifs is 4. The molecule has 2 aromatic heterocycles. The third-order valence-electron chi connectivity index (χ3n) is 15.7. The van der Waals surface area contributed by atoms with Gasteiger partial charge in [0, 0.05) is 73.4 Å². The fourth-order valence-corrected chi connectivity index (χ4v) is 11.8. The van der Waals surface area contributed by atoms with E-state index in [2.05, 4.69) is 54.2 Å². The highest BCUT2D eigenvalue weighted by Gasteiger charge is 2.64. The average molecular weight is 751 g/mol. The van der Waals surface area contributed by atoms with Gasteiger partial charge >= 0.3 is 0 Å². The lowest BCUT2D eigenvalue weighted by Gasteiger charge is -2.62. The van der Waals surface area contributed by atoms with Crippen molar-refractivity contribution in [2.24, 2.45) is 17.3 Å². The summed E-state index contributed by atoms with van der Waals surface area (Å²) in [6, 6.07) is 16.4. The van der Waals surface area contributed by atoms with Crippen molar-refractivity contribution in [3.8, 4) is 11.3 Å². The number of aryl methyl sites for hydroxylation is 1. The molecule has 2 aromatic carbocycles. The predicted octanol–water partition coefficient (Wildman–Crippen LogP) is 6.48. The zero-order valence-electron chi connectivity index (χ0n) is 32.4. The van der Waals surface area contributed by atoms with Crippen LogP contribution in [0.4, 0.5) is 17.2 Å². The fourth-order valence-electron chi connectivity index (χ4n) is 11.8. The molecule has 9 aliphatic rings. The normalized spacial score (nSPS) is 30.8. The van der Waals surface area contributed by atoms with Gasteiger partial charge in [-0.2, -0.15) is 0 Å². The second kappa shape index (κ2) is 11.6. The van der Waals surface area contributed by atoms with Crippen molar-refractivity contribution in [2.45, 2.75) is 107 Å². The second-order valence-electron chi connectivity index (χ2n) is 18.8. The fraction of sp³-hybridized carbons (Fsp3) is 0.533. The van der Waals surface area contributed by atoms with Gasteiger partial charge in [-0.25, -0.2) is 9.97 Å². The minimum Gasteiger partial charge on any atom is -0.355 e. The largest absolute Gasteiger partial charge is 0.355 e. The number of nitrogens with one attached hydrogen (secondary N) is 2. The molecule has 1 spiro atoms. The average Bonchev–Trinajstić information content (AvgIpc) is 3.86. The van der Waals surface area contributed by atoms with E-state index in [1.165, 1.54) is 19.4 Å². The topological polar surface area (TPSA) is 116 Å². The maximum Gasteiger partial charge on any atom is 0.251 e. The highest BCUT2D eigenvalue weighted by molar-refractivity contribution is 6.09. The van der Waals surface area contributed by atoms with Crippen LogP contribution in [0.25, 0.3) is 22.3 Å². The molecule has 8 fully saturated rings. The summed E-state index contributed by atoms with van der Waals surface area (Å²) in [5.41, 5.74) is 7.31. The molecule has 13 rings (SSSR count). The standard InChI is InChI=1S/C45H50N8O3/c1-25-3-6-29(16-33(25)41(54)46-2)48-40-39-36(47-24-52(39)30-7-8-30)19-35(49-40)27-4-9-34-38(15-27)53(32-17-31(18-32)51-23-28-5-10-37(28)51)43(56)45(34)11-13-50(14-12-45)42(55)44-20-26(21-44)22-44/h3-4,6,9,15-16,19,24,26,28,30-32,37H,5,7-8,10-14,17-18,20-23H2,1-2H3,(H,46,54)(H,48,49)/t26?,28?,31-,32+,37-,44?/m1/s1. The number of anilines is 3. The Labute approximate surface area is 327 Å². The summed E-state index contributed by atoms with van der Waals surface area (Å²) in [4.78, 5) is 58.5.